The molecular formula is C10H20BO7P. The lowest BCUT2D eigenvalue weighted by Crippen LogP contribution is -2.38. The van der Waals surface area contributed by atoms with Crippen LogP contribution in [0.3, 0.4) is 0 Å². The normalized spacial score (nSPS) is 31.8. The van der Waals surface area contributed by atoms with E-state index < -0.39 is 31.9 Å². The molecule has 1 fully saturated rings. The van der Waals surface area contributed by atoms with E-state index in [1.54, 1.807) is 7.11 Å². The summed E-state index contributed by atoms with van der Waals surface area (Å²) in [5, 5.41) is 0. The number of methoxy groups -OCH3 is 2. The Kier molecular flexibility index (Phi) is 6.97. The fourth-order valence-electron chi connectivity index (χ4n) is 2.03. The summed E-state index contributed by atoms with van der Waals surface area (Å²) >= 11 is 0. The average Bonchev–Trinajstić information content (AvgIpc) is 2.62. The van der Waals surface area contributed by atoms with Gasteiger partial charge in [-0.2, -0.15) is 0 Å². The minimum Gasteiger partial charge on any atom is -0.382 e. The fraction of sp³-hybridized carbons (Fsp3) is 1.00. The van der Waals surface area contributed by atoms with Crippen LogP contribution in [0.15, 0.2) is 0 Å². The standard InChI is InChI=1S/C10H20BO7P/c1-15-4-5-17-9-8(16-2)7(18-10(9)11)3-6-19(12,13)14/h7-10H,3-6H2,1-2H3,(H2,12,13,14)/t7-,8-,9-,10-/m1/s1. The lowest BCUT2D eigenvalue weighted by atomic mass is 9.92. The van der Waals surface area contributed by atoms with Crippen molar-refractivity contribution < 1.29 is 33.3 Å². The molecule has 0 aromatic heterocycles. The largest absolute Gasteiger partial charge is 0.382 e. The average molecular weight is 294 g/mol. The van der Waals surface area contributed by atoms with Gasteiger partial charge in [-0.25, -0.2) is 0 Å². The van der Waals surface area contributed by atoms with E-state index in [2.05, 4.69) is 0 Å². The van der Waals surface area contributed by atoms with Crippen molar-refractivity contribution in [1.82, 2.24) is 0 Å². The van der Waals surface area contributed by atoms with E-state index >= 15 is 0 Å². The minimum absolute atomic E-state index is 0.167. The van der Waals surface area contributed by atoms with E-state index in [4.69, 9.17) is 36.6 Å². The molecule has 0 aromatic carbocycles. The van der Waals surface area contributed by atoms with Crippen LogP contribution in [0.25, 0.3) is 0 Å². The van der Waals surface area contributed by atoms with Crippen LogP contribution >= 0.6 is 7.60 Å². The van der Waals surface area contributed by atoms with E-state index in [1.807, 2.05) is 0 Å². The molecule has 0 amide bonds. The Hall–Kier alpha value is 0.0549. The fourth-order valence-corrected chi connectivity index (χ4v) is 2.62. The Bertz CT molecular complexity index is 310. The molecule has 7 nitrogen and oxygen atoms in total. The SMILES string of the molecule is [B][C@@H]1O[C@H](CCP(=O)(O)O)[C@@H](OC)[C@H]1OCCOC. The molecule has 0 aliphatic carbocycles. The number of hydrogen-bond donors (Lipinski definition) is 2. The van der Waals surface area contributed by atoms with Crippen LogP contribution < -0.4 is 0 Å². The van der Waals surface area contributed by atoms with Gasteiger partial charge in [0.25, 0.3) is 0 Å². The molecule has 0 bridgehead atoms. The number of ether oxygens (including phenoxy) is 4. The third-order valence-corrected chi connectivity index (χ3v) is 3.76. The van der Waals surface area contributed by atoms with Crippen LogP contribution in [0.5, 0.6) is 0 Å². The maximum atomic E-state index is 10.9. The van der Waals surface area contributed by atoms with Crippen molar-refractivity contribution in [2.24, 2.45) is 0 Å². The van der Waals surface area contributed by atoms with Gasteiger partial charge in [-0.3, -0.25) is 4.57 Å². The van der Waals surface area contributed by atoms with Crippen LogP contribution in [0, 0.1) is 0 Å². The van der Waals surface area contributed by atoms with Gasteiger partial charge in [-0.05, 0) is 6.42 Å². The second-order valence-electron chi connectivity index (χ2n) is 4.34. The number of rotatable bonds is 8. The summed E-state index contributed by atoms with van der Waals surface area (Å²) in [5.74, 6) is 0. The third-order valence-electron chi connectivity index (χ3n) is 2.92. The Morgan fingerprint density at radius 2 is 1.95 bits per heavy atom. The molecule has 1 aliphatic heterocycles. The molecule has 2 N–H and O–H groups in total. The first kappa shape index (κ1) is 17.1. The van der Waals surface area contributed by atoms with E-state index in [9.17, 15) is 4.57 Å². The van der Waals surface area contributed by atoms with Gasteiger partial charge in [-0.15, -0.1) is 0 Å². The lowest BCUT2D eigenvalue weighted by Gasteiger charge is -2.22. The Morgan fingerprint density at radius 3 is 2.47 bits per heavy atom. The van der Waals surface area contributed by atoms with Gasteiger partial charge in [0.05, 0.1) is 25.5 Å². The van der Waals surface area contributed by atoms with Crippen molar-refractivity contribution in [1.29, 1.82) is 0 Å². The van der Waals surface area contributed by atoms with Crippen molar-refractivity contribution in [3.05, 3.63) is 0 Å². The summed E-state index contributed by atoms with van der Waals surface area (Å²) in [7, 11) is 4.79. The molecule has 1 aliphatic rings. The third kappa shape index (κ3) is 5.51. The summed E-state index contributed by atoms with van der Waals surface area (Å²) in [6.07, 6.45) is -1.50. The van der Waals surface area contributed by atoms with E-state index in [1.165, 1.54) is 7.11 Å². The highest BCUT2D eigenvalue weighted by atomic mass is 31.2. The zero-order valence-corrected chi connectivity index (χ0v) is 12.0. The van der Waals surface area contributed by atoms with Crippen LogP contribution in [0.2, 0.25) is 0 Å². The Morgan fingerprint density at radius 1 is 1.26 bits per heavy atom. The van der Waals surface area contributed by atoms with Crippen molar-refractivity contribution >= 4 is 15.4 Å². The van der Waals surface area contributed by atoms with Crippen LogP contribution in [0.1, 0.15) is 6.42 Å². The van der Waals surface area contributed by atoms with Gasteiger partial charge in [0.15, 0.2) is 0 Å². The monoisotopic (exact) mass is 294 g/mol. The minimum atomic E-state index is -4.06. The molecule has 0 unspecified atom stereocenters. The predicted molar refractivity (Wildman–Crippen MR) is 68.4 cm³/mol. The Labute approximate surface area is 114 Å². The van der Waals surface area contributed by atoms with Crippen LogP contribution in [0.4, 0.5) is 0 Å². The van der Waals surface area contributed by atoms with Crippen molar-refractivity contribution in [2.45, 2.75) is 30.7 Å². The highest BCUT2D eigenvalue weighted by Gasteiger charge is 2.43. The predicted octanol–water partition coefficient (Wildman–Crippen LogP) is -0.506. The molecule has 9 heteroatoms. The first-order valence-corrected chi connectivity index (χ1v) is 7.77. The van der Waals surface area contributed by atoms with Gasteiger partial charge in [-0.1, -0.05) is 0 Å². The topological polar surface area (TPSA) is 94.5 Å². The molecule has 2 radical (unpaired) electrons. The molecule has 0 aromatic rings. The quantitative estimate of drug-likeness (QED) is 0.354. The smallest absolute Gasteiger partial charge is 0.325 e. The maximum Gasteiger partial charge on any atom is 0.325 e. The molecule has 110 valence electrons. The molecule has 4 atom stereocenters. The van der Waals surface area contributed by atoms with Crippen LogP contribution in [-0.4, -0.2) is 75.5 Å². The lowest BCUT2D eigenvalue weighted by molar-refractivity contribution is -0.0546. The van der Waals surface area contributed by atoms with Gasteiger partial charge < -0.3 is 28.7 Å². The van der Waals surface area contributed by atoms with Gasteiger partial charge in [0, 0.05) is 20.2 Å². The summed E-state index contributed by atoms with van der Waals surface area (Å²) in [5.41, 5.74) is 0. The second-order valence-corrected chi connectivity index (χ2v) is 6.12. The zero-order chi connectivity index (χ0) is 14.5. The van der Waals surface area contributed by atoms with E-state index in [0.717, 1.165) is 0 Å². The first-order valence-electron chi connectivity index (χ1n) is 5.98. The van der Waals surface area contributed by atoms with E-state index in [0.29, 0.717) is 13.2 Å². The summed E-state index contributed by atoms with van der Waals surface area (Å²) in [6, 6.07) is -0.677. The molecule has 0 spiro atoms. The van der Waals surface area contributed by atoms with Crippen molar-refractivity contribution in [2.75, 3.05) is 33.6 Å². The van der Waals surface area contributed by atoms with Crippen LogP contribution in [-0.2, 0) is 23.5 Å². The molecule has 1 rings (SSSR count). The highest BCUT2D eigenvalue weighted by molar-refractivity contribution is 7.51. The summed E-state index contributed by atoms with van der Waals surface area (Å²) in [4.78, 5) is 17.8. The highest BCUT2D eigenvalue weighted by Crippen LogP contribution is 2.38. The zero-order valence-electron chi connectivity index (χ0n) is 11.1. The van der Waals surface area contributed by atoms with Gasteiger partial charge in [0.2, 0.25) is 0 Å². The van der Waals surface area contributed by atoms with Crippen molar-refractivity contribution in [3.8, 4) is 0 Å². The maximum absolute atomic E-state index is 10.9. The molecular weight excluding hydrogens is 274 g/mol. The Balaban J connectivity index is 2.53. The molecule has 0 saturated carbocycles. The summed E-state index contributed by atoms with van der Waals surface area (Å²) in [6.45, 7) is 0.774. The van der Waals surface area contributed by atoms with Gasteiger partial charge in [0.1, 0.15) is 20.1 Å². The number of hydrogen-bond acceptors (Lipinski definition) is 5. The van der Waals surface area contributed by atoms with Gasteiger partial charge >= 0.3 is 7.60 Å². The van der Waals surface area contributed by atoms with Crippen molar-refractivity contribution in [3.63, 3.8) is 0 Å². The first-order chi connectivity index (χ1) is 8.89. The molecule has 1 saturated heterocycles. The second kappa shape index (κ2) is 7.74. The van der Waals surface area contributed by atoms with E-state index in [-0.39, 0.29) is 12.6 Å². The molecule has 19 heavy (non-hydrogen) atoms. The molecule has 1 heterocycles. The summed E-state index contributed by atoms with van der Waals surface area (Å²) < 4.78 is 32.0.